The third-order valence-corrected chi connectivity index (χ3v) is 7.37. The topological polar surface area (TPSA) is 68.2 Å². The summed E-state index contributed by atoms with van der Waals surface area (Å²) in [5.41, 5.74) is 3.83. The Balaban J connectivity index is 2.19. The van der Waals surface area contributed by atoms with E-state index in [9.17, 15) is 13.2 Å². The highest BCUT2D eigenvalue weighted by molar-refractivity contribution is 7.91. The molecule has 1 heterocycles. The normalized spacial score (nSPS) is 11.5. The Kier molecular flexibility index (Phi) is 6.17. The van der Waals surface area contributed by atoms with Crippen molar-refractivity contribution in [2.24, 2.45) is 0 Å². The summed E-state index contributed by atoms with van der Waals surface area (Å²) in [5.74, 6) is 0.0176. The molecular formula is C24H28N2O3S. The molecule has 1 amide bonds. The monoisotopic (exact) mass is 424 g/mol. The number of rotatable bonds is 6. The standard InChI is InChI=1S/C24H28N2O3S/c1-6-15-26-19(5)18(4)22(30(28,29)20-13-11-16(2)12-14-20)23(26)25-24(27)21-10-8-7-9-17(21)3/h7-14H,6,15H2,1-5H3,(H,25,27). The van der Waals surface area contributed by atoms with Gasteiger partial charge in [0, 0.05) is 17.8 Å². The average molecular weight is 425 g/mol. The number of hydrogen-bond acceptors (Lipinski definition) is 3. The fourth-order valence-electron chi connectivity index (χ4n) is 3.63. The van der Waals surface area contributed by atoms with Crippen molar-refractivity contribution in [2.75, 3.05) is 5.32 Å². The second-order valence-corrected chi connectivity index (χ2v) is 9.51. The van der Waals surface area contributed by atoms with Crippen LogP contribution in [0.15, 0.2) is 58.3 Å². The van der Waals surface area contributed by atoms with Crippen LogP contribution in [0.4, 0.5) is 5.82 Å². The molecule has 0 radical (unpaired) electrons. The first-order valence-corrected chi connectivity index (χ1v) is 11.5. The molecule has 0 aliphatic rings. The fourth-order valence-corrected chi connectivity index (χ4v) is 5.33. The molecule has 0 fully saturated rings. The van der Waals surface area contributed by atoms with Gasteiger partial charge in [-0.3, -0.25) is 4.79 Å². The summed E-state index contributed by atoms with van der Waals surface area (Å²) in [6, 6.07) is 14.1. The van der Waals surface area contributed by atoms with E-state index in [2.05, 4.69) is 5.32 Å². The lowest BCUT2D eigenvalue weighted by molar-refractivity contribution is 0.102. The molecular weight excluding hydrogens is 396 g/mol. The first-order chi connectivity index (χ1) is 14.2. The quantitative estimate of drug-likeness (QED) is 0.590. The van der Waals surface area contributed by atoms with Crippen LogP contribution >= 0.6 is 0 Å². The number of carbonyl (C=O) groups excluding carboxylic acids is 1. The first-order valence-electron chi connectivity index (χ1n) is 10.1. The van der Waals surface area contributed by atoms with Crippen molar-refractivity contribution in [2.45, 2.75) is 57.4 Å². The first kappa shape index (κ1) is 21.8. The minimum Gasteiger partial charge on any atom is -0.331 e. The number of benzene rings is 2. The Labute approximate surface area is 178 Å². The molecule has 0 aliphatic carbocycles. The molecule has 3 aromatic rings. The zero-order chi connectivity index (χ0) is 22.1. The van der Waals surface area contributed by atoms with Crippen LogP contribution in [0.5, 0.6) is 0 Å². The molecule has 0 atom stereocenters. The molecule has 0 spiro atoms. The van der Waals surface area contributed by atoms with E-state index >= 15 is 0 Å². The summed E-state index contributed by atoms with van der Waals surface area (Å²) in [7, 11) is -3.81. The molecule has 30 heavy (non-hydrogen) atoms. The zero-order valence-electron chi connectivity index (χ0n) is 18.1. The second-order valence-electron chi connectivity index (χ2n) is 7.63. The molecule has 0 unspecified atom stereocenters. The van der Waals surface area contributed by atoms with Crippen LogP contribution < -0.4 is 5.32 Å². The van der Waals surface area contributed by atoms with Gasteiger partial charge in [0.25, 0.3) is 5.91 Å². The van der Waals surface area contributed by atoms with Gasteiger partial charge in [0.05, 0.1) is 4.90 Å². The summed E-state index contributed by atoms with van der Waals surface area (Å²) >= 11 is 0. The number of nitrogens with one attached hydrogen (secondary N) is 1. The van der Waals surface area contributed by atoms with Gasteiger partial charge < -0.3 is 9.88 Å². The molecule has 0 saturated carbocycles. The number of aromatic nitrogens is 1. The lowest BCUT2D eigenvalue weighted by atomic mass is 10.1. The molecule has 2 aromatic carbocycles. The number of carbonyl (C=O) groups is 1. The van der Waals surface area contributed by atoms with Crippen molar-refractivity contribution < 1.29 is 13.2 Å². The van der Waals surface area contributed by atoms with E-state index in [1.54, 1.807) is 43.3 Å². The summed E-state index contributed by atoms with van der Waals surface area (Å²) in [6.07, 6.45) is 0.812. The molecule has 5 nitrogen and oxygen atoms in total. The van der Waals surface area contributed by atoms with E-state index in [1.807, 2.05) is 44.4 Å². The van der Waals surface area contributed by atoms with Gasteiger partial charge >= 0.3 is 0 Å². The summed E-state index contributed by atoms with van der Waals surface area (Å²) in [4.78, 5) is 13.4. The highest BCUT2D eigenvalue weighted by atomic mass is 32.2. The van der Waals surface area contributed by atoms with E-state index < -0.39 is 9.84 Å². The Morgan fingerprint density at radius 3 is 2.20 bits per heavy atom. The van der Waals surface area contributed by atoms with Gasteiger partial charge in [0.15, 0.2) is 0 Å². The van der Waals surface area contributed by atoms with E-state index in [1.165, 1.54) is 0 Å². The van der Waals surface area contributed by atoms with E-state index in [-0.39, 0.29) is 15.7 Å². The van der Waals surface area contributed by atoms with Crippen molar-refractivity contribution in [3.8, 4) is 0 Å². The largest absolute Gasteiger partial charge is 0.331 e. The van der Waals surface area contributed by atoms with Crippen LogP contribution in [-0.2, 0) is 16.4 Å². The van der Waals surface area contributed by atoms with E-state index in [0.29, 0.717) is 23.5 Å². The van der Waals surface area contributed by atoms with Crippen molar-refractivity contribution >= 4 is 21.6 Å². The smallest absolute Gasteiger partial charge is 0.257 e. The fraction of sp³-hybridized carbons (Fsp3) is 0.292. The van der Waals surface area contributed by atoms with Crippen molar-refractivity contribution in [3.05, 3.63) is 76.5 Å². The van der Waals surface area contributed by atoms with Gasteiger partial charge in [-0.1, -0.05) is 42.8 Å². The number of aryl methyl sites for hydroxylation is 2. The molecule has 0 saturated heterocycles. The van der Waals surface area contributed by atoms with Gasteiger partial charge in [0.2, 0.25) is 9.84 Å². The van der Waals surface area contributed by atoms with Crippen LogP contribution in [-0.4, -0.2) is 18.9 Å². The maximum atomic E-state index is 13.6. The lowest BCUT2D eigenvalue weighted by Gasteiger charge is -2.15. The third-order valence-electron chi connectivity index (χ3n) is 5.44. The Morgan fingerprint density at radius 2 is 1.60 bits per heavy atom. The van der Waals surface area contributed by atoms with Crippen LogP contribution in [0.25, 0.3) is 0 Å². The van der Waals surface area contributed by atoms with Gasteiger partial charge in [-0.05, 0) is 63.4 Å². The lowest BCUT2D eigenvalue weighted by Crippen LogP contribution is -2.19. The Hall–Kier alpha value is -2.86. The molecule has 6 heteroatoms. The number of anilines is 1. The molecule has 0 aliphatic heterocycles. The van der Waals surface area contributed by atoms with Crippen molar-refractivity contribution in [3.63, 3.8) is 0 Å². The molecule has 0 bridgehead atoms. The Bertz CT molecular complexity index is 1190. The number of sulfone groups is 1. The van der Waals surface area contributed by atoms with Crippen molar-refractivity contribution in [1.29, 1.82) is 0 Å². The van der Waals surface area contributed by atoms with E-state index in [0.717, 1.165) is 23.2 Å². The molecule has 3 rings (SSSR count). The number of amides is 1. The summed E-state index contributed by atoms with van der Waals surface area (Å²) < 4.78 is 29.0. The SMILES string of the molecule is CCCn1c(C)c(C)c(S(=O)(=O)c2ccc(C)cc2)c1NC(=O)c1ccccc1C. The number of nitrogens with zero attached hydrogens (tertiary/aromatic N) is 1. The number of hydrogen-bond donors (Lipinski definition) is 1. The predicted octanol–water partition coefficient (Wildman–Crippen LogP) is 5.22. The minimum absolute atomic E-state index is 0.166. The van der Waals surface area contributed by atoms with Gasteiger partial charge in [-0.2, -0.15) is 0 Å². The predicted molar refractivity (Wildman–Crippen MR) is 120 cm³/mol. The highest BCUT2D eigenvalue weighted by Gasteiger charge is 2.30. The average Bonchev–Trinajstić information content (AvgIpc) is 2.93. The van der Waals surface area contributed by atoms with Gasteiger partial charge in [-0.15, -0.1) is 0 Å². The second kappa shape index (κ2) is 8.48. The van der Waals surface area contributed by atoms with Crippen molar-refractivity contribution in [1.82, 2.24) is 4.57 Å². The third kappa shape index (κ3) is 3.92. The molecule has 158 valence electrons. The zero-order valence-corrected chi connectivity index (χ0v) is 18.9. The maximum absolute atomic E-state index is 13.6. The van der Waals surface area contributed by atoms with Crippen LogP contribution in [0.1, 0.15) is 46.1 Å². The molecule has 1 aromatic heterocycles. The Morgan fingerprint density at radius 1 is 0.967 bits per heavy atom. The van der Waals surface area contributed by atoms with E-state index in [4.69, 9.17) is 0 Å². The minimum atomic E-state index is -3.81. The summed E-state index contributed by atoms with van der Waals surface area (Å²) in [6.45, 7) is 10.1. The van der Waals surface area contributed by atoms with Crippen LogP contribution in [0.3, 0.4) is 0 Å². The van der Waals surface area contributed by atoms with Crippen LogP contribution in [0.2, 0.25) is 0 Å². The molecule has 1 N–H and O–H groups in total. The van der Waals surface area contributed by atoms with Gasteiger partial charge in [-0.25, -0.2) is 8.42 Å². The van der Waals surface area contributed by atoms with Crippen LogP contribution in [0, 0.1) is 27.7 Å². The van der Waals surface area contributed by atoms with Gasteiger partial charge in [0.1, 0.15) is 10.7 Å². The highest BCUT2D eigenvalue weighted by Crippen LogP contribution is 2.36. The summed E-state index contributed by atoms with van der Waals surface area (Å²) in [5, 5.41) is 2.91. The maximum Gasteiger partial charge on any atom is 0.257 e.